The quantitative estimate of drug-likeness (QED) is 0.587. The number of carbonyl (C=O) groups excluding carboxylic acids is 2. The van der Waals surface area contributed by atoms with Crippen LogP contribution in [0.5, 0.6) is 0 Å². The van der Waals surface area contributed by atoms with E-state index in [1.807, 2.05) is 24.3 Å². The van der Waals surface area contributed by atoms with Crippen LogP contribution in [0.2, 0.25) is 5.02 Å². The Morgan fingerprint density at radius 2 is 1.77 bits per heavy atom. The second-order valence-corrected chi connectivity index (χ2v) is 5.16. The number of ketones is 1. The van der Waals surface area contributed by atoms with E-state index in [1.165, 1.54) is 0 Å². The number of hydrogen-bond donors (Lipinski definition) is 1. The number of carbonyl (C=O) groups is 2. The van der Waals surface area contributed by atoms with E-state index >= 15 is 0 Å². The molecule has 1 heterocycles. The molecule has 0 aliphatic carbocycles. The fourth-order valence-electron chi connectivity index (χ4n) is 2.16. The third-order valence-corrected chi connectivity index (χ3v) is 3.59. The Hall–Kier alpha value is -2.59. The van der Waals surface area contributed by atoms with Crippen LogP contribution in [0.1, 0.15) is 20.8 Å². The van der Waals surface area contributed by atoms with Gasteiger partial charge in [-0.05, 0) is 24.3 Å². The molecule has 2 aromatic carbocycles. The van der Waals surface area contributed by atoms with E-state index in [1.54, 1.807) is 30.3 Å². The van der Waals surface area contributed by atoms with Gasteiger partial charge in [0, 0.05) is 16.5 Å². The normalized spacial score (nSPS) is 10.6. The highest BCUT2D eigenvalue weighted by Crippen LogP contribution is 2.17. The minimum absolute atomic E-state index is 0.313. The molecule has 0 atom stereocenters. The first-order chi connectivity index (χ1) is 10.6. The molecule has 0 amide bonds. The highest BCUT2D eigenvalue weighted by Gasteiger charge is 2.15. The van der Waals surface area contributed by atoms with Crippen molar-refractivity contribution in [3.05, 3.63) is 70.9 Å². The fourth-order valence-corrected chi connectivity index (χ4v) is 2.40. The molecule has 0 saturated heterocycles. The van der Waals surface area contributed by atoms with Crippen LogP contribution >= 0.6 is 11.6 Å². The minimum atomic E-state index is -0.573. The summed E-state index contributed by atoms with van der Waals surface area (Å²) in [7, 11) is 0. The summed E-state index contributed by atoms with van der Waals surface area (Å²) in [5.41, 5.74) is 1.49. The average Bonchev–Trinajstić information content (AvgIpc) is 2.97. The second-order valence-electron chi connectivity index (χ2n) is 4.75. The lowest BCUT2D eigenvalue weighted by Crippen LogP contribution is -2.14. The van der Waals surface area contributed by atoms with Crippen molar-refractivity contribution in [2.45, 2.75) is 0 Å². The van der Waals surface area contributed by atoms with Gasteiger partial charge in [-0.3, -0.25) is 4.79 Å². The molecule has 1 aromatic heterocycles. The minimum Gasteiger partial charge on any atom is -0.453 e. The van der Waals surface area contributed by atoms with Crippen molar-refractivity contribution in [1.29, 1.82) is 0 Å². The number of para-hydroxylation sites is 1. The number of esters is 1. The topological polar surface area (TPSA) is 59.2 Å². The largest absolute Gasteiger partial charge is 0.453 e. The molecule has 3 rings (SSSR count). The maximum atomic E-state index is 12.0. The van der Waals surface area contributed by atoms with Gasteiger partial charge >= 0.3 is 5.97 Å². The zero-order chi connectivity index (χ0) is 15.5. The van der Waals surface area contributed by atoms with Crippen molar-refractivity contribution in [2.75, 3.05) is 6.61 Å². The molecule has 0 unspecified atom stereocenters. The smallest absolute Gasteiger partial charge is 0.355 e. The number of aromatic amines is 1. The van der Waals surface area contributed by atoms with Crippen molar-refractivity contribution in [3.63, 3.8) is 0 Å². The lowest BCUT2D eigenvalue weighted by Gasteiger charge is -2.04. The van der Waals surface area contributed by atoms with Crippen molar-refractivity contribution >= 4 is 34.3 Å². The van der Waals surface area contributed by atoms with Gasteiger partial charge < -0.3 is 9.72 Å². The Balaban J connectivity index is 1.69. The van der Waals surface area contributed by atoms with Crippen LogP contribution in [0.25, 0.3) is 10.9 Å². The number of nitrogens with one attached hydrogen (secondary N) is 1. The van der Waals surface area contributed by atoms with E-state index < -0.39 is 5.97 Å². The van der Waals surface area contributed by atoms with Crippen LogP contribution in [0.15, 0.2) is 54.6 Å². The van der Waals surface area contributed by atoms with E-state index in [0.29, 0.717) is 16.3 Å². The van der Waals surface area contributed by atoms with Gasteiger partial charge in [0.05, 0.1) is 5.02 Å². The number of benzene rings is 2. The number of rotatable bonds is 4. The Bertz CT molecular complexity index is 821. The SMILES string of the molecule is O=C(OCC(=O)c1ccccc1Cl)c1cc2ccccc2[nH]1. The molecule has 1 N–H and O–H groups in total. The van der Waals surface area contributed by atoms with E-state index in [-0.39, 0.29) is 12.4 Å². The van der Waals surface area contributed by atoms with Crippen LogP contribution < -0.4 is 0 Å². The maximum absolute atomic E-state index is 12.0. The lowest BCUT2D eigenvalue weighted by atomic mass is 10.1. The monoisotopic (exact) mass is 313 g/mol. The highest BCUT2D eigenvalue weighted by atomic mass is 35.5. The Labute approximate surface area is 131 Å². The number of halogens is 1. The lowest BCUT2D eigenvalue weighted by molar-refractivity contribution is 0.0470. The molecule has 0 spiro atoms. The van der Waals surface area contributed by atoms with Crippen molar-refractivity contribution in [1.82, 2.24) is 4.98 Å². The second kappa shape index (κ2) is 6.03. The Kier molecular flexibility index (Phi) is 3.94. The van der Waals surface area contributed by atoms with E-state index in [0.717, 1.165) is 10.9 Å². The van der Waals surface area contributed by atoms with Gasteiger partial charge in [0.1, 0.15) is 5.69 Å². The summed E-state index contributed by atoms with van der Waals surface area (Å²) in [4.78, 5) is 27.0. The fraction of sp³-hybridized carbons (Fsp3) is 0.0588. The van der Waals surface area contributed by atoms with Crippen LogP contribution in [0, 0.1) is 0 Å². The molecule has 110 valence electrons. The van der Waals surface area contributed by atoms with Gasteiger partial charge in [0.15, 0.2) is 6.61 Å². The molecule has 3 aromatic rings. The standard InChI is InChI=1S/C17H12ClNO3/c18-13-7-3-2-6-12(13)16(20)10-22-17(21)15-9-11-5-1-4-8-14(11)19-15/h1-9,19H,10H2. The zero-order valence-corrected chi connectivity index (χ0v) is 12.3. The number of aromatic nitrogens is 1. The number of ether oxygens (including phenoxy) is 1. The van der Waals surface area contributed by atoms with Crippen LogP contribution in [0.4, 0.5) is 0 Å². The predicted molar refractivity (Wildman–Crippen MR) is 84.4 cm³/mol. The van der Waals surface area contributed by atoms with E-state index in [9.17, 15) is 9.59 Å². The molecule has 0 fully saturated rings. The third-order valence-electron chi connectivity index (χ3n) is 3.26. The first-order valence-electron chi connectivity index (χ1n) is 6.68. The number of fused-ring (bicyclic) bond motifs is 1. The molecule has 22 heavy (non-hydrogen) atoms. The van der Waals surface area contributed by atoms with Gasteiger partial charge in [-0.2, -0.15) is 0 Å². The third kappa shape index (κ3) is 2.87. The first kappa shape index (κ1) is 14.4. The Morgan fingerprint density at radius 1 is 1.05 bits per heavy atom. The molecular formula is C17H12ClNO3. The molecule has 0 radical (unpaired) electrons. The summed E-state index contributed by atoms with van der Waals surface area (Å²) in [5, 5.41) is 1.25. The number of Topliss-reactive ketones (excluding diaryl/α,β-unsaturated/α-hetero) is 1. The van der Waals surface area contributed by atoms with E-state index in [2.05, 4.69) is 4.98 Å². The summed E-state index contributed by atoms with van der Waals surface area (Å²) in [5.74, 6) is -0.910. The summed E-state index contributed by atoms with van der Waals surface area (Å²) >= 11 is 5.94. The molecule has 0 aliphatic rings. The Morgan fingerprint density at radius 3 is 2.55 bits per heavy atom. The van der Waals surface area contributed by atoms with Gasteiger partial charge in [-0.15, -0.1) is 0 Å². The van der Waals surface area contributed by atoms with Gasteiger partial charge in [-0.25, -0.2) is 4.79 Å². The molecule has 4 nitrogen and oxygen atoms in total. The molecule has 5 heteroatoms. The average molecular weight is 314 g/mol. The highest BCUT2D eigenvalue weighted by molar-refractivity contribution is 6.34. The molecule has 0 saturated carbocycles. The summed E-state index contributed by atoms with van der Waals surface area (Å²) in [6.07, 6.45) is 0. The first-order valence-corrected chi connectivity index (χ1v) is 7.05. The van der Waals surface area contributed by atoms with Gasteiger partial charge in [-0.1, -0.05) is 41.9 Å². The van der Waals surface area contributed by atoms with Gasteiger partial charge in [0.25, 0.3) is 0 Å². The number of hydrogen-bond acceptors (Lipinski definition) is 3. The summed E-state index contributed by atoms with van der Waals surface area (Å²) < 4.78 is 5.05. The molecule has 0 aliphatic heterocycles. The van der Waals surface area contributed by atoms with Crippen LogP contribution in [0.3, 0.4) is 0 Å². The van der Waals surface area contributed by atoms with E-state index in [4.69, 9.17) is 16.3 Å². The van der Waals surface area contributed by atoms with Crippen molar-refractivity contribution < 1.29 is 14.3 Å². The number of H-pyrrole nitrogens is 1. The van der Waals surface area contributed by atoms with Gasteiger partial charge in [0.2, 0.25) is 5.78 Å². The van der Waals surface area contributed by atoms with Crippen molar-refractivity contribution in [3.8, 4) is 0 Å². The summed E-state index contributed by atoms with van der Waals surface area (Å²) in [6.45, 7) is -0.349. The summed E-state index contributed by atoms with van der Waals surface area (Å²) in [6, 6.07) is 15.8. The maximum Gasteiger partial charge on any atom is 0.355 e. The zero-order valence-electron chi connectivity index (χ0n) is 11.5. The van der Waals surface area contributed by atoms with Crippen LogP contribution in [-0.2, 0) is 4.74 Å². The molecular weight excluding hydrogens is 302 g/mol. The van der Waals surface area contributed by atoms with Crippen molar-refractivity contribution in [2.24, 2.45) is 0 Å². The van der Waals surface area contributed by atoms with Crippen LogP contribution in [-0.4, -0.2) is 23.3 Å². The predicted octanol–water partition coefficient (Wildman–Crippen LogP) is 3.86. The molecule has 0 bridgehead atoms.